The van der Waals surface area contributed by atoms with Gasteiger partial charge in [-0.05, 0) is 0 Å². The van der Waals surface area contributed by atoms with Gasteiger partial charge >= 0.3 is 20.4 Å². The average molecular weight is 182 g/mol. The molecule has 0 atom stereocenters. The second-order valence-corrected chi connectivity index (χ2v) is 0. The molecule has 0 aliphatic carbocycles. The van der Waals surface area contributed by atoms with Crippen molar-refractivity contribution in [2.45, 2.75) is 0 Å². The first-order valence-electron chi connectivity index (χ1n) is 0. The van der Waals surface area contributed by atoms with Crippen LogP contribution in [0.1, 0.15) is 0 Å². The minimum atomic E-state index is 0. The third-order valence-corrected chi connectivity index (χ3v) is 0. The second-order valence-electron chi connectivity index (χ2n) is 0. The molecule has 0 heterocycles. The zero-order valence-electron chi connectivity index (χ0n) is 1.83. The molecule has 0 rings (SSSR count). The van der Waals surface area contributed by atoms with Crippen LogP contribution in [0.4, 0.5) is 0 Å². The van der Waals surface area contributed by atoms with Crippen LogP contribution in [0.3, 0.4) is 0 Å². The molecule has 5 heavy (non-hydrogen) atoms. The van der Waals surface area contributed by atoms with Gasteiger partial charge in [0.05, 0.1) is 0 Å². The molecule has 0 aromatic carbocycles. The Labute approximate surface area is 40.1 Å². The molecule has 38 valence electrons. The van der Waals surface area contributed by atoms with Crippen molar-refractivity contribution < 1.29 is 39.2 Å². The molecule has 0 aromatic heterocycles. The van der Waals surface area contributed by atoms with Crippen molar-refractivity contribution >= 4 is 0 Å². The Bertz CT molecular complexity index is 3.61. The van der Waals surface area contributed by atoms with E-state index in [1.807, 2.05) is 0 Å². The summed E-state index contributed by atoms with van der Waals surface area (Å²) in [4.78, 5) is 0. The fraction of sp³-hybridized carbons (Fsp3) is 0. The normalized spacial score (nSPS) is 0. The molecular weight excluding hydrogens is 182 g/mol. The molecule has 0 fully saturated rings. The van der Waals surface area contributed by atoms with E-state index < -0.39 is 0 Å². The van der Waals surface area contributed by atoms with Crippen LogP contribution < -0.4 is 18.8 Å². The summed E-state index contributed by atoms with van der Waals surface area (Å²) in [6, 6.07) is 0. The maximum Gasteiger partial charge on any atom is 4.00 e. The van der Waals surface area contributed by atoms with Gasteiger partial charge in [0.25, 0.3) is 0 Å². The average Bonchev–Trinajstić information content (AvgIpc) is 0. The fourth-order valence-electron chi connectivity index (χ4n) is 0. The molecule has 0 amide bonds. The van der Waals surface area contributed by atoms with Gasteiger partial charge in [-0.15, -0.1) is 0 Å². The third kappa shape index (κ3) is 170. The van der Waals surface area contributed by atoms with Crippen molar-refractivity contribution in [3.05, 3.63) is 0 Å². The predicted octanol–water partition coefficient (Wildman–Crippen LogP) is -12.0. The van der Waals surface area contributed by atoms with Crippen molar-refractivity contribution in [3.63, 3.8) is 0 Å². The molecule has 0 saturated heterocycles. The minimum Gasteiger partial charge on any atom is -1.00 e. The van der Waals surface area contributed by atoms with Crippen LogP contribution in [-0.4, -0.2) is 0 Å². The van der Waals surface area contributed by atoms with Crippen LogP contribution in [-0.2, 0) is 20.4 Å². The summed E-state index contributed by atoms with van der Waals surface area (Å²) in [5, 5.41) is 0. The van der Waals surface area contributed by atoms with Crippen LogP contribution in [0.15, 0.2) is 0 Å². The van der Waals surface area contributed by atoms with Crippen LogP contribution in [0.2, 0.25) is 0 Å². The van der Waals surface area contributed by atoms with Gasteiger partial charge < -0.3 is 18.8 Å². The van der Waals surface area contributed by atoms with E-state index in [0.717, 1.165) is 0 Å². The zero-order valence-corrected chi connectivity index (χ0v) is 3.38. The van der Waals surface area contributed by atoms with E-state index in [-0.39, 0.29) is 39.2 Å². The summed E-state index contributed by atoms with van der Waals surface area (Å²) in [6.07, 6.45) is 0. The van der Waals surface area contributed by atoms with E-state index >= 15 is 0 Å². The van der Waals surface area contributed by atoms with E-state index in [1.54, 1.807) is 0 Å². The van der Waals surface area contributed by atoms with Crippen LogP contribution in [0.5, 0.6) is 0 Å². The summed E-state index contributed by atoms with van der Waals surface area (Å²) < 4.78 is 0. The first-order valence-corrected chi connectivity index (χ1v) is 0. The Kier molecular flexibility index (Phi) is 48500. The van der Waals surface area contributed by atoms with Gasteiger partial charge in [-0.3, -0.25) is 0 Å². The summed E-state index contributed by atoms with van der Waals surface area (Å²) in [7, 11) is 0. The van der Waals surface area contributed by atoms with E-state index in [9.17, 15) is 0 Å². The molecule has 5 heteroatoms. The van der Waals surface area contributed by atoms with Crippen molar-refractivity contribution in [3.8, 4) is 0 Å². The van der Waals surface area contributed by atoms with E-state index in [1.165, 1.54) is 0 Å². The first-order chi connectivity index (χ1) is 0. The quantitative estimate of drug-likeness (QED) is 0.258. The topological polar surface area (TPSA) is 0 Å². The summed E-state index contributed by atoms with van der Waals surface area (Å²) in [5.41, 5.74) is 0. The molecule has 0 saturated carbocycles. The standard InChI is InChI=1S/4FH.Pd/h4*1H;/q;;;;+4/p-4. The zero-order chi connectivity index (χ0) is 0. The first kappa shape index (κ1) is 707. The van der Waals surface area contributed by atoms with E-state index in [4.69, 9.17) is 0 Å². The Morgan fingerprint density at radius 3 is 0.400 bits per heavy atom. The number of hydrogen-bond donors (Lipinski definition) is 0. The van der Waals surface area contributed by atoms with Crippen LogP contribution in [0, 0.1) is 0 Å². The van der Waals surface area contributed by atoms with E-state index in [0.29, 0.717) is 0 Å². The SMILES string of the molecule is [F-].[F-].[F-].[F-].[Pd+4]. The molecule has 0 aliphatic heterocycles. The second kappa shape index (κ2) is 343. The predicted molar refractivity (Wildman–Crippen MR) is 0 cm³/mol. The Morgan fingerprint density at radius 2 is 0.400 bits per heavy atom. The summed E-state index contributed by atoms with van der Waals surface area (Å²) in [5.74, 6) is 0. The van der Waals surface area contributed by atoms with Crippen LogP contribution >= 0.6 is 0 Å². The minimum absolute atomic E-state index is 0. The molecule has 0 spiro atoms. The summed E-state index contributed by atoms with van der Waals surface area (Å²) >= 11 is 0. The fourth-order valence-corrected chi connectivity index (χ4v) is 0. The van der Waals surface area contributed by atoms with Gasteiger partial charge in [-0.2, -0.15) is 0 Å². The molecule has 0 unspecified atom stereocenters. The number of halogens is 4. The maximum absolute atomic E-state index is 0. The van der Waals surface area contributed by atoms with Gasteiger partial charge in [0, 0.05) is 0 Å². The maximum atomic E-state index is 0. The summed E-state index contributed by atoms with van der Waals surface area (Å²) in [6.45, 7) is 0. The van der Waals surface area contributed by atoms with Gasteiger partial charge in [0.1, 0.15) is 0 Å². The van der Waals surface area contributed by atoms with Gasteiger partial charge in [-0.1, -0.05) is 0 Å². The van der Waals surface area contributed by atoms with Gasteiger partial charge in [-0.25, -0.2) is 0 Å². The molecular formula is F4Pd. The van der Waals surface area contributed by atoms with E-state index in [2.05, 4.69) is 0 Å². The van der Waals surface area contributed by atoms with Crippen molar-refractivity contribution in [2.75, 3.05) is 0 Å². The third-order valence-electron chi connectivity index (χ3n) is 0. The Balaban J connectivity index is 0. The monoisotopic (exact) mass is 182 g/mol. The largest absolute Gasteiger partial charge is 4.00 e. The number of hydrogen-bond acceptors (Lipinski definition) is 0. The molecule has 0 N–H and O–H groups in total. The van der Waals surface area contributed by atoms with Crippen molar-refractivity contribution in [2.24, 2.45) is 0 Å². The molecule has 0 nitrogen and oxygen atoms in total. The van der Waals surface area contributed by atoms with Crippen molar-refractivity contribution in [1.29, 1.82) is 0 Å². The van der Waals surface area contributed by atoms with Crippen molar-refractivity contribution in [1.82, 2.24) is 0 Å². The smallest absolute Gasteiger partial charge is 1.00 e. The van der Waals surface area contributed by atoms with Crippen LogP contribution in [0.25, 0.3) is 0 Å². The molecule has 0 aliphatic rings. The number of rotatable bonds is 0. The molecule has 0 bridgehead atoms. The molecule has 0 radical (unpaired) electrons. The molecule has 0 aromatic rings. The Hall–Kier alpha value is 0.382. The van der Waals surface area contributed by atoms with Gasteiger partial charge in [0.15, 0.2) is 0 Å². The Morgan fingerprint density at radius 1 is 0.400 bits per heavy atom. The van der Waals surface area contributed by atoms with Gasteiger partial charge in [0.2, 0.25) is 0 Å².